The molecule has 0 bridgehead atoms. The van der Waals surface area contributed by atoms with Gasteiger partial charge in [0.2, 0.25) is 15.9 Å². The van der Waals surface area contributed by atoms with Crippen molar-refractivity contribution >= 4 is 33.4 Å². The van der Waals surface area contributed by atoms with Gasteiger partial charge in [0.05, 0.1) is 36.6 Å². The first-order chi connectivity index (χ1) is 15.7. The molecule has 0 aliphatic carbocycles. The van der Waals surface area contributed by atoms with E-state index in [-0.39, 0.29) is 49.0 Å². The van der Waals surface area contributed by atoms with Crippen LogP contribution in [0.15, 0.2) is 42.6 Å². The Morgan fingerprint density at radius 2 is 1.94 bits per heavy atom. The predicted molar refractivity (Wildman–Crippen MR) is 122 cm³/mol. The maximum Gasteiger partial charge on any atom is 0.266 e. The Bertz CT molecular complexity index is 1060. The molecule has 11 heteroatoms. The summed E-state index contributed by atoms with van der Waals surface area (Å²) in [4.78, 5) is 28.5. The van der Waals surface area contributed by atoms with Gasteiger partial charge in [0.1, 0.15) is 0 Å². The van der Waals surface area contributed by atoms with Gasteiger partial charge < -0.3 is 14.8 Å². The summed E-state index contributed by atoms with van der Waals surface area (Å²) in [5, 5.41) is 3.41. The summed E-state index contributed by atoms with van der Waals surface area (Å²) in [6.45, 7) is 2.49. The number of nitrogens with one attached hydrogen (secondary N) is 2. The molecule has 0 saturated carbocycles. The van der Waals surface area contributed by atoms with Gasteiger partial charge in [0, 0.05) is 30.1 Å². The van der Waals surface area contributed by atoms with Gasteiger partial charge in [-0.25, -0.2) is 13.1 Å². The molecule has 0 unspecified atom stereocenters. The highest BCUT2D eigenvalue weighted by molar-refractivity contribution is 7.90. The number of benzene rings is 1. The minimum Gasteiger partial charge on any atom is -0.378 e. The number of carbonyl (C=O) groups excluding carboxylic acids is 2. The lowest BCUT2D eigenvalue weighted by atomic mass is 9.94. The third-order valence-corrected chi connectivity index (χ3v) is 6.54. The third kappa shape index (κ3) is 7.50. The van der Waals surface area contributed by atoms with Crippen molar-refractivity contribution in [2.75, 3.05) is 32.1 Å². The molecular formula is C22H26ClN3O6S. The van der Waals surface area contributed by atoms with Crippen molar-refractivity contribution in [1.29, 1.82) is 0 Å². The average molecular weight is 496 g/mol. The molecule has 0 spiro atoms. The minimum atomic E-state index is -3.86. The van der Waals surface area contributed by atoms with Crippen molar-refractivity contribution in [1.82, 2.24) is 15.0 Å². The standard InChI is InChI=1S/C22H26ClN3O6S/c1-15-2-3-17(14-25-15)21(27)26-33(29,30)13-12-31-11-9-24-22(28)19-8-10-32-20(19)16-4-6-18(23)7-5-16/h2-7,14,19-20H,8-13H2,1H3,(H,24,28)(H,26,27)/t19-,20+/m1/s1. The second-order valence-electron chi connectivity index (χ2n) is 7.58. The molecule has 3 rings (SSSR count). The fourth-order valence-electron chi connectivity index (χ4n) is 3.34. The van der Waals surface area contributed by atoms with E-state index >= 15 is 0 Å². The van der Waals surface area contributed by atoms with Gasteiger partial charge in [0.25, 0.3) is 5.91 Å². The number of hydrogen-bond acceptors (Lipinski definition) is 7. The molecule has 33 heavy (non-hydrogen) atoms. The fourth-order valence-corrected chi connectivity index (χ4v) is 4.31. The van der Waals surface area contributed by atoms with Gasteiger partial charge in [-0.15, -0.1) is 0 Å². The highest BCUT2D eigenvalue weighted by Crippen LogP contribution is 2.35. The zero-order valence-corrected chi connectivity index (χ0v) is 19.7. The zero-order valence-electron chi connectivity index (χ0n) is 18.1. The topological polar surface area (TPSA) is 124 Å². The van der Waals surface area contributed by atoms with Crippen LogP contribution >= 0.6 is 11.6 Å². The van der Waals surface area contributed by atoms with Crippen LogP contribution in [0.3, 0.4) is 0 Å². The molecule has 2 aromatic rings. The van der Waals surface area contributed by atoms with E-state index in [2.05, 4.69) is 10.3 Å². The maximum absolute atomic E-state index is 12.5. The van der Waals surface area contributed by atoms with Crippen LogP contribution in [0.2, 0.25) is 5.02 Å². The van der Waals surface area contributed by atoms with Gasteiger partial charge in [-0.1, -0.05) is 23.7 Å². The van der Waals surface area contributed by atoms with Gasteiger partial charge in [-0.05, 0) is 43.2 Å². The van der Waals surface area contributed by atoms with Crippen LogP contribution in [0.4, 0.5) is 0 Å². The fraction of sp³-hybridized carbons (Fsp3) is 0.409. The van der Waals surface area contributed by atoms with Crippen LogP contribution < -0.4 is 10.0 Å². The van der Waals surface area contributed by atoms with Crippen molar-refractivity contribution in [3.63, 3.8) is 0 Å². The molecule has 1 fully saturated rings. The summed E-state index contributed by atoms with van der Waals surface area (Å²) < 4.78 is 37.1. The summed E-state index contributed by atoms with van der Waals surface area (Å²) in [6, 6.07) is 10.3. The van der Waals surface area contributed by atoms with Crippen LogP contribution in [0, 0.1) is 12.8 Å². The average Bonchev–Trinajstić information content (AvgIpc) is 3.26. The van der Waals surface area contributed by atoms with Crippen LogP contribution in [0.5, 0.6) is 0 Å². The van der Waals surface area contributed by atoms with Crippen molar-refractivity contribution < 1.29 is 27.5 Å². The molecule has 1 aliphatic rings. The number of sulfonamides is 1. The lowest BCUT2D eigenvalue weighted by Crippen LogP contribution is -2.36. The van der Waals surface area contributed by atoms with Gasteiger partial charge in [-0.2, -0.15) is 0 Å². The molecule has 2 amide bonds. The first-order valence-corrected chi connectivity index (χ1v) is 12.5. The number of rotatable bonds is 10. The summed E-state index contributed by atoms with van der Waals surface area (Å²) in [5.41, 5.74) is 1.76. The van der Waals surface area contributed by atoms with Crippen molar-refractivity contribution in [3.8, 4) is 0 Å². The number of hydrogen-bond donors (Lipinski definition) is 2. The monoisotopic (exact) mass is 495 g/mol. The lowest BCUT2D eigenvalue weighted by Gasteiger charge is -2.18. The molecule has 9 nitrogen and oxygen atoms in total. The quantitative estimate of drug-likeness (QED) is 0.483. The zero-order chi connectivity index (χ0) is 23.8. The molecule has 1 aliphatic heterocycles. The summed E-state index contributed by atoms with van der Waals surface area (Å²) in [5.74, 6) is -1.61. The van der Waals surface area contributed by atoms with Crippen LogP contribution in [0.1, 0.15) is 34.1 Å². The normalized spacial score (nSPS) is 18.1. The summed E-state index contributed by atoms with van der Waals surface area (Å²) >= 11 is 5.92. The molecule has 1 aromatic carbocycles. The van der Waals surface area contributed by atoms with E-state index in [4.69, 9.17) is 21.1 Å². The molecule has 1 aromatic heterocycles. The Labute approximate surface area is 197 Å². The van der Waals surface area contributed by atoms with Crippen molar-refractivity contribution in [3.05, 3.63) is 64.4 Å². The molecule has 2 atom stereocenters. The molecular weight excluding hydrogens is 470 g/mol. The Morgan fingerprint density at radius 1 is 1.18 bits per heavy atom. The van der Waals surface area contributed by atoms with E-state index in [0.29, 0.717) is 18.1 Å². The first kappa shape index (κ1) is 25.1. The number of nitrogens with zero attached hydrogens (tertiary/aromatic N) is 1. The molecule has 0 radical (unpaired) electrons. The largest absolute Gasteiger partial charge is 0.378 e. The Kier molecular flexibility index (Phi) is 8.79. The molecule has 178 valence electrons. The van der Waals surface area contributed by atoms with Crippen LogP contribution in [-0.2, 0) is 24.3 Å². The highest BCUT2D eigenvalue weighted by atomic mass is 35.5. The first-order valence-electron chi connectivity index (χ1n) is 10.5. The lowest BCUT2D eigenvalue weighted by molar-refractivity contribution is -0.127. The Morgan fingerprint density at radius 3 is 2.64 bits per heavy atom. The molecule has 2 heterocycles. The highest BCUT2D eigenvalue weighted by Gasteiger charge is 2.34. The molecule has 1 saturated heterocycles. The summed E-state index contributed by atoms with van der Waals surface area (Å²) in [6.07, 6.45) is 1.58. The maximum atomic E-state index is 12.5. The second kappa shape index (κ2) is 11.6. The Hall–Kier alpha value is -2.53. The van der Waals surface area contributed by atoms with Crippen LogP contribution in [-0.4, -0.2) is 57.3 Å². The van der Waals surface area contributed by atoms with E-state index in [1.807, 2.05) is 16.9 Å². The predicted octanol–water partition coefficient (Wildman–Crippen LogP) is 2.01. The van der Waals surface area contributed by atoms with Gasteiger partial charge in [-0.3, -0.25) is 14.6 Å². The van der Waals surface area contributed by atoms with Gasteiger partial charge >= 0.3 is 0 Å². The second-order valence-corrected chi connectivity index (χ2v) is 9.86. The summed E-state index contributed by atoms with van der Waals surface area (Å²) in [7, 11) is -3.86. The van der Waals surface area contributed by atoms with E-state index in [0.717, 1.165) is 11.3 Å². The van der Waals surface area contributed by atoms with Crippen molar-refractivity contribution in [2.24, 2.45) is 5.92 Å². The number of ether oxygens (including phenoxy) is 2. The number of pyridine rings is 1. The molecule has 2 N–H and O–H groups in total. The van der Waals surface area contributed by atoms with E-state index in [9.17, 15) is 18.0 Å². The number of carbonyl (C=O) groups is 2. The van der Waals surface area contributed by atoms with E-state index < -0.39 is 15.9 Å². The van der Waals surface area contributed by atoms with E-state index in [1.54, 1.807) is 25.1 Å². The van der Waals surface area contributed by atoms with Crippen molar-refractivity contribution in [2.45, 2.75) is 19.4 Å². The Balaban J connectivity index is 1.36. The van der Waals surface area contributed by atoms with Gasteiger partial charge in [0.15, 0.2) is 0 Å². The third-order valence-electron chi connectivity index (χ3n) is 5.09. The van der Waals surface area contributed by atoms with Crippen LogP contribution in [0.25, 0.3) is 0 Å². The number of aromatic nitrogens is 1. The number of aryl methyl sites for hydroxylation is 1. The smallest absolute Gasteiger partial charge is 0.266 e. The number of amides is 2. The number of halogens is 1. The SMILES string of the molecule is Cc1ccc(C(=O)NS(=O)(=O)CCOCCNC(=O)[C@@H]2CCO[C@H]2c2ccc(Cl)cc2)cn1. The van der Waals surface area contributed by atoms with E-state index in [1.165, 1.54) is 12.3 Å². The minimum absolute atomic E-state index is 0.120.